The molecule has 6 aromatic carbocycles. The van der Waals surface area contributed by atoms with E-state index in [0.29, 0.717) is 0 Å². The zero-order valence-electron chi connectivity index (χ0n) is 25.9. The SMILES string of the molecule is CC1(C)c2ccc(N(c3ccccc3)c3ccc4c(c3)oc3ccccc34)cc2-c2cc3sc4ccccc4c3cc2C1(C)C. The summed E-state index contributed by atoms with van der Waals surface area (Å²) in [6.07, 6.45) is 0. The lowest BCUT2D eigenvalue weighted by Crippen LogP contribution is -2.43. The van der Waals surface area contributed by atoms with E-state index >= 15 is 0 Å². The molecule has 0 saturated heterocycles. The average Bonchev–Trinajstić information content (AvgIpc) is 3.61. The number of nitrogens with zero attached hydrogens (tertiary/aromatic N) is 1. The summed E-state index contributed by atoms with van der Waals surface area (Å²) in [6, 6.07) is 46.4. The summed E-state index contributed by atoms with van der Waals surface area (Å²) in [5.74, 6) is 0. The van der Waals surface area contributed by atoms with Gasteiger partial charge in [0.2, 0.25) is 0 Å². The lowest BCUT2D eigenvalue weighted by Gasteiger charge is -2.48. The molecule has 0 atom stereocenters. The van der Waals surface area contributed by atoms with Crippen LogP contribution < -0.4 is 4.90 Å². The standard InChI is InChI=1S/C42H33NOS/c1-41(2)35-21-19-27(22-32(35)33-25-40-34(24-36(33)42(41,3)4)31-15-9-11-17-39(31)45-40)43(26-12-6-5-7-13-26)28-18-20-30-29-14-8-10-16-37(29)44-38(30)23-28/h5-25H,1-4H3. The molecular weight excluding hydrogens is 567 g/mol. The van der Waals surface area contributed by atoms with Crippen LogP contribution in [0.2, 0.25) is 0 Å². The second kappa shape index (κ2) is 9.32. The maximum atomic E-state index is 6.34. The first-order valence-corrected chi connectivity index (χ1v) is 16.5. The highest BCUT2D eigenvalue weighted by Gasteiger charge is 2.46. The third-order valence-corrected chi connectivity index (χ3v) is 11.7. The Kier molecular flexibility index (Phi) is 5.50. The van der Waals surface area contributed by atoms with Gasteiger partial charge in [-0.05, 0) is 93.7 Å². The van der Waals surface area contributed by atoms with Crippen LogP contribution in [-0.4, -0.2) is 0 Å². The summed E-state index contributed by atoms with van der Waals surface area (Å²) in [5.41, 5.74) is 10.5. The van der Waals surface area contributed by atoms with Gasteiger partial charge in [0.1, 0.15) is 11.2 Å². The van der Waals surface area contributed by atoms with Crippen molar-refractivity contribution in [3.8, 4) is 11.1 Å². The Morgan fingerprint density at radius 3 is 1.96 bits per heavy atom. The second-order valence-corrected chi connectivity index (χ2v) is 14.5. The summed E-state index contributed by atoms with van der Waals surface area (Å²) in [7, 11) is 0. The summed E-state index contributed by atoms with van der Waals surface area (Å²) >= 11 is 1.90. The highest BCUT2D eigenvalue weighted by atomic mass is 32.1. The Labute approximate surface area is 267 Å². The van der Waals surface area contributed by atoms with Crippen LogP contribution in [0.15, 0.2) is 132 Å². The van der Waals surface area contributed by atoms with Crippen LogP contribution in [0.4, 0.5) is 17.1 Å². The van der Waals surface area contributed by atoms with E-state index in [0.717, 1.165) is 39.0 Å². The van der Waals surface area contributed by atoms with E-state index < -0.39 is 0 Å². The minimum atomic E-state index is -0.0713. The van der Waals surface area contributed by atoms with E-state index in [1.807, 2.05) is 23.5 Å². The van der Waals surface area contributed by atoms with Gasteiger partial charge in [0.15, 0.2) is 0 Å². The summed E-state index contributed by atoms with van der Waals surface area (Å²) in [6.45, 7) is 9.66. The van der Waals surface area contributed by atoms with Gasteiger partial charge in [0.05, 0.1) is 0 Å². The first-order valence-electron chi connectivity index (χ1n) is 15.7. The van der Waals surface area contributed by atoms with Crippen molar-refractivity contribution < 1.29 is 4.42 Å². The number of fused-ring (bicyclic) bond motifs is 9. The fourth-order valence-electron chi connectivity index (χ4n) is 7.50. The summed E-state index contributed by atoms with van der Waals surface area (Å²) in [5, 5.41) is 5.00. The molecule has 8 aromatic rings. The number of para-hydroxylation sites is 2. The maximum absolute atomic E-state index is 6.34. The lowest BCUT2D eigenvalue weighted by molar-refractivity contribution is 0.299. The molecule has 9 rings (SSSR count). The van der Waals surface area contributed by atoms with Crippen molar-refractivity contribution in [2.75, 3.05) is 4.90 Å². The molecule has 1 aliphatic carbocycles. The molecule has 2 heterocycles. The molecule has 0 fully saturated rings. The third kappa shape index (κ3) is 3.74. The van der Waals surface area contributed by atoms with Crippen molar-refractivity contribution >= 4 is 70.5 Å². The van der Waals surface area contributed by atoms with Crippen molar-refractivity contribution in [1.82, 2.24) is 0 Å². The normalized spacial score (nSPS) is 15.0. The minimum absolute atomic E-state index is 0.0560. The van der Waals surface area contributed by atoms with Gasteiger partial charge >= 0.3 is 0 Å². The zero-order chi connectivity index (χ0) is 30.5. The molecule has 0 spiro atoms. The monoisotopic (exact) mass is 599 g/mol. The molecule has 1 aliphatic rings. The number of benzene rings is 6. The van der Waals surface area contributed by atoms with Gasteiger partial charge in [0, 0.05) is 54.1 Å². The molecular formula is C42H33NOS. The number of hydrogen-bond donors (Lipinski definition) is 0. The largest absolute Gasteiger partial charge is 0.456 e. The van der Waals surface area contributed by atoms with Crippen LogP contribution in [0.25, 0.3) is 53.2 Å². The molecule has 0 aliphatic heterocycles. The van der Waals surface area contributed by atoms with Gasteiger partial charge in [-0.25, -0.2) is 0 Å². The van der Waals surface area contributed by atoms with E-state index in [4.69, 9.17) is 4.42 Å². The molecule has 218 valence electrons. The number of hydrogen-bond acceptors (Lipinski definition) is 3. The molecule has 0 amide bonds. The number of thiophene rings is 1. The van der Waals surface area contributed by atoms with Gasteiger partial charge in [-0.15, -0.1) is 11.3 Å². The maximum Gasteiger partial charge on any atom is 0.137 e. The highest BCUT2D eigenvalue weighted by molar-refractivity contribution is 7.25. The van der Waals surface area contributed by atoms with Crippen LogP contribution in [0, 0.1) is 0 Å². The molecule has 0 unspecified atom stereocenters. The van der Waals surface area contributed by atoms with E-state index in [-0.39, 0.29) is 10.8 Å². The van der Waals surface area contributed by atoms with Crippen LogP contribution in [-0.2, 0) is 10.8 Å². The zero-order valence-corrected chi connectivity index (χ0v) is 26.7. The quantitative estimate of drug-likeness (QED) is 0.201. The topological polar surface area (TPSA) is 16.4 Å². The Balaban J connectivity index is 1.29. The molecule has 0 bridgehead atoms. The number of furan rings is 1. The molecule has 2 aromatic heterocycles. The van der Waals surface area contributed by atoms with Crippen molar-refractivity contribution in [1.29, 1.82) is 0 Å². The van der Waals surface area contributed by atoms with Crippen LogP contribution >= 0.6 is 11.3 Å². The van der Waals surface area contributed by atoms with Gasteiger partial charge in [-0.1, -0.05) is 88.4 Å². The average molecular weight is 600 g/mol. The number of rotatable bonds is 3. The van der Waals surface area contributed by atoms with Crippen LogP contribution in [0.5, 0.6) is 0 Å². The summed E-state index contributed by atoms with van der Waals surface area (Å²) < 4.78 is 9.03. The molecule has 0 saturated carbocycles. The van der Waals surface area contributed by atoms with Gasteiger partial charge in [-0.3, -0.25) is 0 Å². The Bertz CT molecular complexity index is 2440. The highest BCUT2D eigenvalue weighted by Crippen LogP contribution is 2.56. The van der Waals surface area contributed by atoms with E-state index in [1.54, 1.807) is 0 Å². The van der Waals surface area contributed by atoms with Crippen molar-refractivity contribution in [2.45, 2.75) is 38.5 Å². The molecule has 3 heteroatoms. The van der Waals surface area contributed by atoms with Crippen LogP contribution in [0.1, 0.15) is 38.8 Å². The Morgan fingerprint density at radius 2 is 1.11 bits per heavy atom. The molecule has 2 nitrogen and oxygen atoms in total. The predicted octanol–water partition coefficient (Wildman–Crippen LogP) is 12.7. The summed E-state index contributed by atoms with van der Waals surface area (Å²) in [4.78, 5) is 2.36. The van der Waals surface area contributed by atoms with Gasteiger partial charge < -0.3 is 9.32 Å². The molecule has 0 radical (unpaired) electrons. The third-order valence-electron chi connectivity index (χ3n) is 10.6. The predicted molar refractivity (Wildman–Crippen MR) is 193 cm³/mol. The van der Waals surface area contributed by atoms with Crippen molar-refractivity contribution in [2.24, 2.45) is 0 Å². The molecule has 45 heavy (non-hydrogen) atoms. The van der Waals surface area contributed by atoms with Crippen molar-refractivity contribution in [3.63, 3.8) is 0 Å². The van der Waals surface area contributed by atoms with Crippen molar-refractivity contribution in [3.05, 3.63) is 139 Å². The first-order chi connectivity index (χ1) is 21.8. The number of anilines is 3. The fourth-order valence-corrected chi connectivity index (χ4v) is 8.63. The van der Waals surface area contributed by atoms with E-state index in [1.165, 1.54) is 42.4 Å². The van der Waals surface area contributed by atoms with E-state index in [9.17, 15) is 0 Å². The smallest absolute Gasteiger partial charge is 0.137 e. The Hall–Kier alpha value is -4.86. The Morgan fingerprint density at radius 1 is 0.467 bits per heavy atom. The lowest BCUT2D eigenvalue weighted by atomic mass is 9.55. The van der Waals surface area contributed by atoms with Gasteiger partial charge in [0.25, 0.3) is 0 Å². The van der Waals surface area contributed by atoms with E-state index in [2.05, 4.69) is 148 Å². The van der Waals surface area contributed by atoms with Crippen LogP contribution in [0.3, 0.4) is 0 Å². The minimum Gasteiger partial charge on any atom is -0.456 e. The fraction of sp³-hybridized carbons (Fsp3) is 0.143. The van der Waals surface area contributed by atoms with Gasteiger partial charge in [-0.2, -0.15) is 0 Å². The first kappa shape index (κ1) is 26.5. The molecule has 0 N–H and O–H groups in total. The second-order valence-electron chi connectivity index (χ2n) is 13.4.